The summed E-state index contributed by atoms with van der Waals surface area (Å²) in [5.41, 5.74) is -0.160. The van der Waals surface area contributed by atoms with Gasteiger partial charge in [-0.1, -0.05) is 6.58 Å². The summed E-state index contributed by atoms with van der Waals surface area (Å²) in [5, 5.41) is -5.74. The molecule has 0 spiro atoms. The Morgan fingerprint density at radius 1 is 1.14 bits per heavy atom. The van der Waals surface area contributed by atoms with E-state index >= 15 is 0 Å². The normalized spacial score (nSPS) is 29.7. The van der Waals surface area contributed by atoms with Crippen LogP contribution in [0, 0.1) is 17.8 Å². The van der Waals surface area contributed by atoms with Gasteiger partial charge in [-0.3, -0.25) is 9.59 Å². The second-order valence-electron chi connectivity index (χ2n) is 8.72. The summed E-state index contributed by atoms with van der Waals surface area (Å²) in [5.74, 6) is -8.31. The summed E-state index contributed by atoms with van der Waals surface area (Å²) in [7, 11) is -6.54. The highest BCUT2D eigenvalue weighted by molar-refractivity contribution is 7.86. The van der Waals surface area contributed by atoms with Crippen molar-refractivity contribution in [3.05, 3.63) is 12.2 Å². The summed E-state index contributed by atoms with van der Waals surface area (Å²) in [6, 6.07) is 0. The Kier molecular flexibility index (Phi) is 7.54. The lowest BCUT2D eigenvalue weighted by Gasteiger charge is -2.31. The number of alkyl halides is 4. The molecule has 3 fully saturated rings. The first kappa shape index (κ1) is 27.3. The van der Waals surface area contributed by atoms with E-state index in [1.54, 1.807) is 0 Å². The van der Waals surface area contributed by atoms with Gasteiger partial charge in [0.1, 0.15) is 24.2 Å². The average molecular weight is 531 g/mol. The molecule has 1 saturated heterocycles. The standard InChI is InChI=1S/C20H24F4O10S/c1-9(8-31-6-4-3-5-19(21,22)20(23,24)35(28,29)30)17(26)33-16-12-7-11-13(14(12)32-10(2)25)18(27)34-15(11)16/h11-16H,1,3-8H2,2H3,(H,28,29,30)/p-1. The summed E-state index contributed by atoms with van der Waals surface area (Å²) < 4.78 is 105. The summed E-state index contributed by atoms with van der Waals surface area (Å²) in [4.78, 5) is 35.9. The third-order valence-electron chi connectivity index (χ3n) is 6.35. The highest BCUT2D eigenvalue weighted by Gasteiger charge is 2.69. The van der Waals surface area contributed by atoms with Crippen molar-refractivity contribution in [1.29, 1.82) is 0 Å². The molecule has 0 aromatic carbocycles. The summed E-state index contributed by atoms with van der Waals surface area (Å²) in [6.45, 7) is 4.05. The van der Waals surface area contributed by atoms with Crippen molar-refractivity contribution in [2.75, 3.05) is 13.2 Å². The number of hydrogen-bond donors (Lipinski definition) is 0. The van der Waals surface area contributed by atoms with E-state index in [-0.39, 0.29) is 31.1 Å². The Labute approximate surface area is 197 Å². The van der Waals surface area contributed by atoms with Crippen LogP contribution in [0.5, 0.6) is 0 Å². The van der Waals surface area contributed by atoms with Crippen molar-refractivity contribution in [2.45, 2.75) is 62.1 Å². The monoisotopic (exact) mass is 531 g/mol. The van der Waals surface area contributed by atoms with E-state index in [0.29, 0.717) is 6.42 Å². The van der Waals surface area contributed by atoms with E-state index in [9.17, 15) is 44.9 Å². The fraction of sp³-hybridized carbons (Fsp3) is 0.750. The predicted octanol–water partition coefficient (Wildman–Crippen LogP) is 1.54. The van der Waals surface area contributed by atoms with E-state index < -0.39 is 82.2 Å². The maximum Gasteiger partial charge on any atom is 0.396 e. The van der Waals surface area contributed by atoms with Crippen molar-refractivity contribution < 1.29 is 63.9 Å². The van der Waals surface area contributed by atoms with Crippen molar-refractivity contribution in [2.24, 2.45) is 17.8 Å². The van der Waals surface area contributed by atoms with Crippen LogP contribution in [0.4, 0.5) is 17.6 Å². The van der Waals surface area contributed by atoms with Crippen LogP contribution in [-0.4, -0.2) is 73.6 Å². The van der Waals surface area contributed by atoms with Gasteiger partial charge in [-0.05, 0) is 19.3 Å². The first-order valence-electron chi connectivity index (χ1n) is 10.6. The van der Waals surface area contributed by atoms with E-state index in [2.05, 4.69) is 6.58 Å². The molecule has 2 bridgehead atoms. The summed E-state index contributed by atoms with van der Waals surface area (Å²) >= 11 is 0. The molecular formula is C20H23F4O10S-. The Balaban J connectivity index is 1.42. The minimum atomic E-state index is -6.54. The number of ether oxygens (including phenoxy) is 4. The molecule has 0 amide bonds. The summed E-state index contributed by atoms with van der Waals surface area (Å²) in [6.07, 6.45) is -4.18. The zero-order chi connectivity index (χ0) is 26.3. The van der Waals surface area contributed by atoms with Gasteiger partial charge in [-0.2, -0.15) is 17.6 Å². The molecule has 10 nitrogen and oxygen atoms in total. The number of halogens is 4. The second-order valence-corrected chi connectivity index (χ2v) is 10.1. The first-order chi connectivity index (χ1) is 16.1. The molecule has 2 aliphatic carbocycles. The maximum absolute atomic E-state index is 13.4. The first-order valence-corrected chi connectivity index (χ1v) is 12.0. The van der Waals surface area contributed by atoms with Gasteiger partial charge in [0.2, 0.25) is 0 Å². The molecular weight excluding hydrogens is 508 g/mol. The number of hydrogen-bond acceptors (Lipinski definition) is 10. The van der Waals surface area contributed by atoms with Crippen LogP contribution >= 0.6 is 0 Å². The van der Waals surface area contributed by atoms with E-state index in [1.807, 2.05) is 0 Å². The number of unbranched alkanes of at least 4 members (excludes halogenated alkanes) is 1. The van der Waals surface area contributed by atoms with E-state index in [1.165, 1.54) is 6.92 Å². The van der Waals surface area contributed by atoms with Crippen LogP contribution in [0.3, 0.4) is 0 Å². The third-order valence-corrected chi connectivity index (χ3v) is 7.28. The van der Waals surface area contributed by atoms with Crippen molar-refractivity contribution >= 4 is 28.0 Å². The zero-order valence-electron chi connectivity index (χ0n) is 18.4. The highest BCUT2D eigenvalue weighted by atomic mass is 32.2. The zero-order valence-corrected chi connectivity index (χ0v) is 19.2. The number of rotatable bonds is 12. The molecule has 198 valence electrons. The van der Waals surface area contributed by atoms with Gasteiger partial charge in [0.05, 0.1) is 12.2 Å². The number of carbonyl (C=O) groups is 3. The molecule has 15 heteroatoms. The third kappa shape index (κ3) is 5.16. The lowest BCUT2D eigenvalue weighted by molar-refractivity contribution is -0.165. The molecule has 0 aromatic rings. The maximum atomic E-state index is 13.4. The minimum Gasteiger partial charge on any atom is -0.743 e. The molecule has 3 aliphatic rings. The lowest BCUT2D eigenvalue weighted by Crippen LogP contribution is -2.46. The van der Waals surface area contributed by atoms with Gasteiger partial charge in [-0.25, -0.2) is 13.2 Å². The SMILES string of the molecule is C=C(COCCCCC(F)(F)C(F)(F)S(=O)(=O)[O-])C(=O)OC1C2CC3C1OC(=O)C3C2OC(C)=O. The quantitative estimate of drug-likeness (QED) is 0.0908. The van der Waals surface area contributed by atoms with Crippen LogP contribution in [0.25, 0.3) is 0 Å². The lowest BCUT2D eigenvalue weighted by atomic mass is 9.85. The highest BCUT2D eigenvalue weighted by Crippen LogP contribution is 2.56. The van der Waals surface area contributed by atoms with Gasteiger partial charge in [-0.15, -0.1) is 0 Å². The molecule has 0 N–H and O–H groups in total. The largest absolute Gasteiger partial charge is 0.743 e. The minimum absolute atomic E-state index is 0.160. The average Bonchev–Trinajstić information content (AvgIpc) is 3.33. The Morgan fingerprint density at radius 2 is 1.80 bits per heavy atom. The molecule has 6 atom stereocenters. The smallest absolute Gasteiger partial charge is 0.396 e. The van der Waals surface area contributed by atoms with Crippen LogP contribution in [0.2, 0.25) is 0 Å². The Hall–Kier alpha value is -2.26. The second kappa shape index (κ2) is 9.65. The molecule has 2 saturated carbocycles. The molecule has 1 heterocycles. The van der Waals surface area contributed by atoms with Crippen LogP contribution in [-0.2, 0) is 43.4 Å². The van der Waals surface area contributed by atoms with Crippen LogP contribution < -0.4 is 0 Å². The fourth-order valence-electron chi connectivity index (χ4n) is 4.78. The van der Waals surface area contributed by atoms with Crippen molar-refractivity contribution in [1.82, 2.24) is 0 Å². The predicted molar refractivity (Wildman–Crippen MR) is 104 cm³/mol. The van der Waals surface area contributed by atoms with Gasteiger partial charge in [0.25, 0.3) is 0 Å². The molecule has 0 aromatic heterocycles. The fourth-order valence-corrected chi connectivity index (χ4v) is 5.24. The van der Waals surface area contributed by atoms with Gasteiger partial charge in [0.15, 0.2) is 10.1 Å². The molecule has 6 unspecified atom stereocenters. The number of carbonyl (C=O) groups excluding carboxylic acids is 3. The van der Waals surface area contributed by atoms with Crippen molar-refractivity contribution in [3.63, 3.8) is 0 Å². The molecule has 0 radical (unpaired) electrons. The van der Waals surface area contributed by atoms with Crippen LogP contribution in [0.1, 0.15) is 32.6 Å². The van der Waals surface area contributed by atoms with Gasteiger partial charge in [0, 0.05) is 31.8 Å². The molecule has 3 rings (SSSR count). The molecule has 35 heavy (non-hydrogen) atoms. The van der Waals surface area contributed by atoms with Gasteiger partial charge >= 0.3 is 29.1 Å². The number of esters is 3. The Bertz CT molecular complexity index is 998. The Morgan fingerprint density at radius 3 is 2.40 bits per heavy atom. The topological polar surface area (TPSA) is 145 Å². The van der Waals surface area contributed by atoms with Crippen LogP contribution in [0.15, 0.2) is 12.2 Å². The molecule has 1 aliphatic heterocycles. The number of fused-ring (bicyclic) bond motifs is 1. The van der Waals surface area contributed by atoms with Gasteiger partial charge < -0.3 is 23.5 Å². The van der Waals surface area contributed by atoms with E-state index in [4.69, 9.17) is 18.9 Å². The van der Waals surface area contributed by atoms with E-state index in [0.717, 1.165) is 0 Å². The van der Waals surface area contributed by atoms with Crippen molar-refractivity contribution in [3.8, 4) is 0 Å².